The van der Waals surface area contributed by atoms with E-state index in [0.717, 1.165) is 72.2 Å². The summed E-state index contributed by atoms with van der Waals surface area (Å²) in [7, 11) is 0. The fourth-order valence-corrected chi connectivity index (χ4v) is 6.14. The zero-order valence-electron chi connectivity index (χ0n) is 24.9. The van der Waals surface area contributed by atoms with Crippen LogP contribution < -0.4 is 0 Å². The van der Waals surface area contributed by atoms with Crippen molar-refractivity contribution in [2.24, 2.45) is 0 Å². The molecule has 0 spiro atoms. The molecular formula is C42H28N4. The van der Waals surface area contributed by atoms with Crippen molar-refractivity contribution >= 4 is 28.3 Å². The third-order valence-electron chi connectivity index (χ3n) is 8.50. The third-order valence-corrected chi connectivity index (χ3v) is 8.50. The van der Waals surface area contributed by atoms with Gasteiger partial charge in [-0.1, -0.05) is 121 Å². The summed E-state index contributed by atoms with van der Waals surface area (Å²) in [6, 6.07) is 50.1. The second kappa shape index (κ2) is 11.3. The minimum atomic E-state index is 0.211. The molecule has 0 saturated heterocycles. The lowest BCUT2D eigenvalue weighted by molar-refractivity contribution is 1.18. The summed E-state index contributed by atoms with van der Waals surface area (Å²) in [6.45, 7) is 0. The average Bonchev–Trinajstić information content (AvgIpc) is 3.13. The molecule has 216 valence electrons. The number of fused-ring (bicyclic) bond motifs is 3. The van der Waals surface area contributed by atoms with E-state index in [4.69, 9.17) is 20.8 Å². The van der Waals surface area contributed by atoms with E-state index in [0.29, 0.717) is 5.82 Å². The van der Waals surface area contributed by atoms with Crippen molar-refractivity contribution in [3.05, 3.63) is 163 Å². The molecule has 1 aromatic heterocycles. The van der Waals surface area contributed by atoms with Crippen LogP contribution in [0.1, 0.15) is 11.1 Å². The maximum Gasteiger partial charge on any atom is 0.160 e. The first kappa shape index (κ1) is 27.3. The van der Waals surface area contributed by atoms with Gasteiger partial charge in [-0.05, 0) is 75.0 Å². The molecule has 0 fully saturated rings. The molecule has 0 bridgehead atoms. The van der Waals surface area contributed by atoms with Crippen LogP contribution in [0.4, 0.5) is 0 Å². The number of aromatic nitrogens is 2. The quantitative estimate of drug-likeness (QED) is 0.210. The van der Waals surface area contributed by atoms with Gasteiger partial charge < -0.3 is 0 Å². The summed E-state index contributed by atoms with van der Waals surface area (Å²) in [5.74, 6) is 0.607. The lowest BCUT2D eigenvalue weighted by Gasteiger charge is -2.16. The van der Waals surface area contributed by atoms with Crippen LogP contribution in [0.2, 0.25) is 0 Å². The Morgan fingerprint density at radius 2 is 0.957 bits per heavy atom. The van der Waals surface area contributed by atoms with E-state index in [1.807, 2.05) is 48.5 Å². The molecule has 4 heteroatoms. The van der Waals surface area contributed by atoms with Gasteiger partial charge in [0.25, 0.3) is 0 Å². The smallest absolute Gasteiger partial charge is 0.160 e. The molecule has 1 aliphatic rings. The fraction of sp³-hybridized carbons (Fsp3) is 0. The largest absolute Gasteiger partial charge is 0.299 e. The van der Waals surface area contributed by atoms with Crippen LogP contribution in [-0.2, 0) is 0 Å². The number of nitrogens with zero attached hydrogens (tertiary/aromatic N) is 2. The highest BCUT2D eigenvalue weighted by Crippen LogP contribution is 2.36. The molecule has 0 aliphatic heterocycles. The first-order valence-corrected chi connectivity index (χ1v) is 15.2. The molecular weight excluding hydrogens is 560 g/mol. The van der Waals surface area contributed by atoms with E-state index < -0.39 is 0 Å². The van der Waals surface area contributed by atoms with Gasteiger partial charge >= 0.3 is 0 Å². The number of benzene rings is 6. The van der Waals surface area contributed by atoms with Gasteiger partial charge in [-0.2, -0.15) is 0 Å². The summed E-state index contributed by atoms with van der Waals surface area (Å²) in [5.41, 5.74) is 11.2. The monoisotopic (exact) mass is 588 g/mol. The Kier molecular flexibility index (Phi) is 6.73. The van der Waals surface area contributed by atoms with Crippen LogP contribution in [0.3, 0.4) is 0 Å². The summed E-state index contributed by atoms with van der Waals surface area (Å²) in [6.07, 6.45) is 3.60. The summed E-state index contributed by atoms with van der Waals surface area (Å²) in [4.78, 5) is 10.3. The van der Waals surface area contributed by atoms with Crippen LogP contribution in [0.15, 0.2) is 152 Å². The van der Waals surface area contributed by atoms with Crippen molar-refractivity contribution in [1.82, 2.24) is 9.97 Å². The third kappa shape index (κ3) is 5.02. The lowest BCUT2D eigenvalue weighted by atomic mass is 9.88. The van der Waals surface area contributed by atoms with E-state index in [2.05, 4.69) is 103 Å². The molecule has 0 atom stereocenters. The number of nitrogens with one attached hydrogen (secondary N) is 2. The molecule has 6 aromatic carbocycles. The van der Waals surface area contributed by atoms with Crippen LogP contribution in [0, 0.1) is 10.8 Å². The second-order valence-electron chi connectivity index (χ2n) is 11.4. The predicted octanol–water partition coefficient (Wildman–Crippen LogP) is 10.4. The first-order chi connectivity index (χ1) is 22.6. The van der Waals surface area contributed by atoms with Crippen molar-refractivity contribution in [2.45, 2.75) is 0 Å². The topological polar surface area (TPSA) is 73.5 Å². The molecule has 0 saturated carbocycles. The normalized spacial score (nSPS) is 12.3. The Hall–Kier alpha value is -6.26. The highest BCUT2D eigenvalue weighted by atomic mass is 14.9. The zero-order valence-corrected chi connectivity index (χ0v) is 24.9. The number of hydrogen-bond donors (Lipinski definition) is 2. The molecule has 2 N–H and O–H groups in total. The second-order valence-corrected chi connectivity index (χ2v) is 11.4. The van der Waals surface area contributed by atoms with Crippen molar-refractivity contribution in [3.63, 3.8) is 0 Å². The van der Waals surface area contributed by atoms with Gasteiger partial charge in [0.1, 0.15) is 0 Å². The SMILES string of the molecule is N=C1C=Cc2ccc3ccc(-c4nc(-c5ccccc5)cc(-c5cc(-c6ccccc6)cc(-c6ccccc6)c5)n4)cc3c2C1=N. The van der Waals surface area contributed by atoms with Gasteiger partial charge in [-0.25, -0.2) is 9.97 Å². The molecule has 7 aromatic rings. The standard InChI is InChI=1S/C42H28N4/c43-37-21-20-31-18-16-29-17-19-32(25-36(29)40(31)41(37)44)42-45-38(30-14-8-3-9-15-30)26-39(46-42)35-23-33(27-10-4-1-5-11-27)22-34(24-35)28-12-6-2-7-13-28/h1-26,43-44H. The molecule has 1 aliphatic carbocycles. The maximum absolute atomic E-state index is 8.70. The lowest BCUT2D eigenvalue weighted by Crippen LogP contribution is -2.16. The Bertz CT molecular complexity index is 2260. The Morgan fingerprint density at radius 3 is 1.59 bits per heavy atom. The zero-order chi connectivity index (χ0) is 31.0. The Morgan fingerprint density at radius 1 is 0.413 bits per heavy atom. The van der Waals surface area contributed by atoms with Gasteiger partial charge in [0.05, 0.1) is 22.8 Å². The van der Waals surface area contributed by atoms with Gasteiger partial charge in [0.2, 0.25) is 0 Å². The van der Waals surface area contributed by atoms with Crippen LogP contribution in [0.25, 0.3) is 73.0 Å². The molecule has 0 radical (unpaired) electrons. The van der Waals surface area contributed by atoms with Gasteiger partial charge in [-0.3, -0.25) is 10.8 Å². The first-order valence-electron chi connectivity index (χ1n) is 15.2. The van der Waals surface area contributed by atoms with Crippen LogP contribution >= 0.6 is 0 Å². The maximum atomic E-state index is 8.70. The number of hydrogen-bond acceptors (Lipinski definition) is 4. The Balaban J connectivity index is 1.35. The molecule has 4 nitrogen and oxygen atoms in total. The minimum absolute atomic E-state index is 0.211. The molecule has 0 unspecified atom stereocenters. The van der Waals surface area contributed by atoms with E-state index in [1.54, 1.807) is 6.08 Å². The van der Waals surface area contributed by atoms with Crippen molar-refractivity contribution in [2.75, 3.05) is 0 Å². The average molecular weight is 589 g/mol. The van der Waals surface area contributed by atoms with Gasteiger partial charge in [-0.15, -0.1) is 0 Å². The van der Waals surface area contributed by atoms with Gasteiger partial charge in [0.15, 0.2) is 5.82 Å². The summed E-state index contributed by atoms with van der Waals surface area (Å²) >= 11 is 0. The fourth-order valence-electron chi connectivity index (χ4n) is 6.14. The van der Waals surface area contributed by atoms with Crippen molar-refractivity contribution in [1.29, 1.82) is 10.8 Å². The molecule has 46 heavy (non-hydrogen) atoms. The molecule has 0 amide bonds. The van der Waals surface area contributed by atoms with Crippen molar-refractivity contribution in [3.8, 4) is 56.2 Å². The highest BCUT2D eigenvalue weighted by molar-refractivity contribution is 6.53. The van der Waals surface area contributed by atoms with Crippen LogP contribution in [-0.4, -0.2) is 21.4 Å². The Labute approximate surface area is 267 Å². The summed E-state index contributed by atoms with van der Waals surface area (Å²) in [5, 5.41) is 18.9. The predicted molar refractivity (Wildman–Crippen MR) is 190 cm³/mol. The highest BCUT2D eigenvalue weighted by Gasteiger charge is 2.19. The molecule has 1 heterocycles. The van der Waals surface area contributed by atoms with Crippen molar-refractivity contribution < 1.29 is 0 Å². The van der Waals surface area contributed by atoms with E-state index >= 15 is 0 Å². The minimum Gasteiger partial charge on any atom is -0.299 e. The van der Waals surface area contributed by atoms with Gasteiger partial charge in [0, 0.05) is 22.3 Å². The van der Waals surface area contributed by atoms with E-state index in [-0.39, 0.29) is 11.4 Å². The van der Waals surface area contributed by atoms with E-state index in [9.17, 15) is 0 Å². The number of rotatable bonds is 5. The van der Waals surface area contributed by atoms with E-state index in [1.165, 1.54) is 0 Å². The molecule has 8 rings (SSSR count). The van der Waals surface area contributed by atoms with Crippen LogP contribution in [0.5, 0.6) is 0 Å². The number of allylic oxidation sites excluding steroid dienone is 1. The summed E-state index contributed by atoms with van der Waals surface area (Å²) < 4.78 is 0.